The van der Waals surface area contributed by atoms with Gasteiger partial charge in [0.25, 0.3) is 7.82 Å². The zero-order chi connectivity index (χ0) is 60.7. The molecule has 0 saturated heterocycles. The Kier molecular flexibility index (Phi) is 59.7. The number of phosphoric ester groups is 1. The van der Waals surface area contributed by atoms with E-state index in [4.69, 9.17) is 13.8 Å². The van der Waals surface area contributed by atoms with E-state index < -0.39 is 26.6 Å². The van der Waals surface area contributed by atoms with Crippen molar-refractivity contribution in [3.05, 3.63) is 97.2 Å². The van der Waals surface area contributed by atoms with E-state index in [2.05, 4.69) is 111 Å². The van der Waals surface area contributed by atoms with E-state index in [1.807, 2.05) is 33.3 Å². The maximum atomic E-state index is 13.5. The number of allylic oxidation sites excluding steroid dienone is 15. The van der Waals surface area contributed by atoms with E-state index in [0.717, 1.165) is 96.3 Å². The number of quaternary nitrogens is 1. The number of rotatable bonds is 62. The number of hydrogen-bond acceptors (Lipinski definition) is 7. The Labute approximate surface area is 513 Å². The van der Waals surface area contributed by atoms with Gasteiger partial charge in [0, 0.05) is 12.8 Å². The van der Waals surface area contributed by atoms with Crippen molar-refractivity contribution in [3.63, 3.8) is 0 Å². The summed E-state index contributed by atoms with van der Waals surface area (Å²) in [6, 6.07) is -0.910. The maximum absolute atomic E-state index is 13.5. The summed E-state index contributed by atoms with van der Waals surface area (Å²) in [5.41, 5.74) is 0. The van der Waals surface area contributed by atoms with Crippen molar-refractivity contribution >= 4 is 19.7 Å². The molecule has 0 saturated carbocycles. The second-order valence-electron chi connectivity index (χ2n) is 24.3. The molecule has 0 aromatic carbocycles. The molecule has 0 aliphatic carbocycles. The van der Waals surface area contributed by atoms with Crippen LogP contribution in [0, 0.1) is 0 Å². The summed E-state index contributed by atoms with van der Waals surface area (Å²) in [6.45, 7) is 6.69. The van der Waals surface area contributed by atoms with Crippen LogP contribution in [-0.4, -0.2) is 69.4 Å². The normalized spacial score (nSPS) is 14.2. The quantitative estimate of drug-likeness (QED) is 0.0212. The van der Waals surface area contributed by atoms with Crippen molar-refractivity contribution in [3.8, 4) is 0 Å². The van der Waals surface area contributed by atoms with E-state index >= 15 is 0 Å². The first-order valence-electron chi connectivity index (χ1n) is 34.5. The molecule has 0 aromatic rings. The molecule has 3 unspecified atom stereocenters. The first kappa shape index (κ1) is 79.9. The molecule has 0 fully saturated rings. The minimum absolute atomic E-state index is 0.0322. The first-order valence-corrected chi connectivity index (χ1v) is 36.0. The van der Waals surface area contributed by atoms with E-state index in [9.17, 15) is 19.0 Å². The summed E-state index contributed by atoms with van der Waals surface area (Å²) in [5.74, 6) is -0.576. The van der Waals surface area contributed by atoms with Gasteiger partial charge in [0.15, 0.2) is 0 Å². The van der Waals surface area contributed by atoms with Crippen LogP contribution in [0.1, 0.15) is 303 Å². The molecule has 0 radical (unpaired) electrons. The average molecular weight is 1180 g/mol. The number of likely N-dealkylation sites (N-methyl/N-ethyl adjacent to an activating group) is 1. The smallest absolute Gasteiger partial charge is 0.306 e. The Hall–Kier alpha value is -3.07. The molecule has 0 heterocycles. The van der Waals surface area contributed by atoms with Gasteiger partial charge in [-0.15, -0.1) is 0 Å². The Morgan fingerprint density at radius 2 is 0.771 bits per heavy atom. The number of carbonyl (C=O) groups is 2. The minimum Gasteiger partial charge on any atom is -0.756 e. The molecule has 3 atom stereocenters. The van der Waals surface area contributed by atoms with Crippen molar-refractivity contribution in [1.29, 1.82) is 0 Å². The molecule has 0 bridgehead atoms. The number of hydrogen-bond donors (Lipinski definition) is 1. The second-order valence-corrected chi connectivity index (χ2v) is 25.7. The number of carbonyl (C=O) groups excluding carboxylic acids is 2. The Morgan fingerprint density at radius 1 is 0.434 bits per heavy atom. The number of ether oxygens (including phenoxy) is 1. The molecule has 0 aliphatic heterocycles. The Morgan fingerprint density at radius 3 is 1.19 bits per heavy atom. The number of nitrogens with one attached hydrogen (secondary N) is 1. The standard InChI is InChI=1S/C73H131N2O7P/c1-7-10-13-16-19-22-25-27-29-31-33-34-35-36-37-38-39-40-42-44-46-48-51-54-57-60-63-66-73(77)82-71(64-61-58-55-52-49-24-21-18-15-12-9-3)70(69-81-83(78,79)80-68-67-75(4,5)6)74-72(76)65-62-59-56-53-50-47-45-43-41-32-30-28-26-23-20-17-14-11-8-2/h11,14,19-20,22-23,27-30,41,43,47,50,61,64,70-71H,7-10,12-13,15-18,21,24-26,31-40,42,44-46,48-49,51-60,62-63,65-69H2,1-6H3,(H-,74,76,78,79)/b14-11-,22-19-,23-20-,29-27-,30-28-,43-41-,50-47-,64-61-. The number of esters is 1. The monoisotopic (exact) mass is 1180 g/mol. The van der Waals surface area contributed by atoms with Crippen LogP contribution in [0.5, 0.6) is 0 Å². The van der Waals surface area contributed by atoms with Gasteiger partial charge in [-0.3, -0.25) is 14.2 Å². The molecular weight excluding hydrogens is 1050 g/mol. The molecular formula is C73H131N2O7P. The van der Waals surface area contributed by atoms with Crippen molar-refractivity contribution in [2.45, 2.75) is 315 Å². The highest BCUT2D eigenvalue weighted by atomic mass is 31.2. The van der Waals surface area contributed by atoms with Gasteiger partial charge in [-0.1, -0.05) is 279 Å². The van der Waals surface area contributed by atoms with Gasteiger partial charge in [-0.05, 0) is 109 Å². The molecule has 0 aromatic heterocycles. The van der Waals surface area contributed by atoms with Gasteiger partial charge in [-0.25, -0.2) is 0 Å². The lowest BCUT2D eigenvalue weighted by molar-refractivity contribution is -0.870. The van der Waals surface area contributed by atoms with Crippen LogP contribution >= 0.6 is 7.82 Å². The van der Waals surface area contributed by atoms with Crippen LogP contribution in [0.4, 0.5) is 0 Å². The molecule has 0 aliphatic rings. The van der Waals surface area contributed by atoms with Crippen LogP contribution < -0.4 is 10.2 Å². The van der Waals surface area contributed by atoms with Gasteiger partial charge in [0.05, 0.1) is 33.8 Å². The average Bonchev–Trinajstić information content (AvgIpc) is 3.52. The van der Waals surface area contributed by atoms with Crippen LogP contribution in [0.15, 0.2) is 97.2 Å². The molecule has 9 nitrogen and oxygen atoms in total. The fraction of sp³-hybridized carbons (Fsp3) is 0.753. The van der Waals surface area contributed by atoms with Gasteiger partial charge in [-0.2, -0.15) is 0 Å². The zero-order valence-corrected chi connectivity index (χ0v) is 55.8. The zero-order valence-electron chi connectivity index (χ0n) is 54.9. The Bertz CT molecular complexity index is 1740. The van der Waals surface area contributed by atoms with Crippen LogP contribution in [0.2, 0.25) is 0 Å². The van der Waals surface area contributed by atoms with Gasteiger partial charge < -0.3 is 28.5 Å². The van der Waals surface area contributed by atoms with E-state index in [1.54, 1.807) is 0 Å². The first-order chi connectivity index (χ1) is 40.4. The van der Waals surface area contributed by atoms with Crippen LogP contribution in [0.25, 0.3) is 0 Å². The largest absolute Gasteiger partial charge is 0.756 e. The highest BCUT2D eigenvalue weighted by Crippen LogP contribution is 2.38. The Balaban J connectivity index is 5.05. The lowest BCUT2D eigenvalue weighted by atomic mass is 10.0. The SMILES string of the molecule is CC/C=C\C/C=C\C/C=C\C/C=C\C/C=C\CCCCCC(=O)NC(COP(=O)([O-])OCC[N+](C)(C)C)C(/C=C\CCCCCCCCCCC)OC(=O)CCCCCCCCCCCCCCCCCCC/C=C\C/C=C\CCCCC. The van der Waals surface area contributed by atoms with Gasteiger partial charge in [0.2, 0.25) is 5.91 Å². The fourth-order valence-electron chi connectivity index (χ4n) is 9.70. The van der Waals surface area contributed by atoms with E-state index in [0.29, 0.717) is 17.4 Å². The molecule has 1 N–H and O–H groups in total. The molecule has 83 heavy (non-hydrogen) atoms. The molecule has 480 valence electrons. The summed E-state index contributed by atoms with van der Waals surface area (Å²) < 4.78 is 30.4. The van der Waals surface area contributed by atoms with Crippen molar-refractivity contribution < 1.29 is 37.3 Å². The number of nitrogens with zero attached hydrogens (tertiary/aromatic N) is 1. The summed E-state index contributed by atoms with van der Waals surface area (Å²) in [4.78, 5) is 40.1. The number of unbranched alkanes of at least 4 members (excludes halogenated alkanes) is 32. The predicted octanol–water partition coefficient (Wildman–Crippen LogP) is 21.3. The topological polar surface area (TPSA) is 114 Å². The molecule has 0 rings (SSSR count). The predicted molar refractivity (Wildman–Crippen MR) is 358 cm³/mol. The summed E-state index contributed by atoms with van der Waals surface area (Å²) in [7, 11) is 1.16. The highest BCUT2D eigenvalue weighted by molar-refractivity contribution is 7.45. The summed E-state index contributed by atoms with van der Waals surface area (Å²) >= 11 is 0. The number of phosphoric acid groups is 1. The number of amides is 1. The molecule has 1 amide bonds. The highest BCUT2D eigenvalue weighted by Gasteiger charge is 2.27. The maximum Gasteiger partial charge on any atom is 0.306 e. The molecule has 10 heteroatoms. The van der Waals surface area contributed by atoms with Crippen molar-refractivity contribution in [2.75, 3.05) is 40.9 Å². The lowest BCUT2D eigenvalue weighted by Crippen LogP contribution is -2.47. The van der Waals surface area contributed by atoms with Crippen molar-refractivity contribution in [1.82, 2.24) is 5.32 Å². The van der Waals surface area contributed by atoms with E-state index in [1.165, 1.54) is 167 Å². The third kappa shape index (κ3) is 63.3. The van der Waals surface area contributed by atoms with E-state index in [-0.39, 0.29) is 31.3 Å². The minimum atomic E-state index is -4.72. The fourth-order valence-corrected chi connectivity index (χ4v) is 10.4. The van der Waals surface area contributed by atoms with Crippen LogP contribution in [0.3, 0.4) is 0 Å². The lowest BCUT2D eigenvalue weighted by Gasteiger charge is -2.30. The van der Waals surface area contributed by atoms with Gasteiger partial charge in [0.1, 0.15) is 19.3 Å². The summed E-state index contributed by atoms with van der Waals surface area (Å²) in [6.07, 6.45) is 84.0. The third-order valence-electron chi connectivity index (χ3n) is 15.0. The molecule has 0 spiro atoms. The van der Waals surface area contributed by atoms with Crippen molar-refractivity contribution in [2.24, 2.45) is 0 Å². The second kappa shape index (κ2) is 62.0. The van der Waals surface area contributed by atoms with Crippen LogP contribution in [-0.2, 0) is 27.9 Å². The third-order valence-corrected chi connectivity index (χ3v) is 16.0. The van der Waals surface area contributed by atoms with Gasteiger partial charge >= 0.3 is 5.97 Å². The summed E-state index contributed by atoms with van der Waals surface area (Å²) in [5, 5.41) is 3.02.